The van der Waals surface area contributed by atoms with E-state index < -0.39 is 0 Å². The number of hydrogen-bond donors (Lipinski definition) is 1. The topological polar surface area (TPSA) is 52.3 Å². The maximum absolute atomic E-state index is 8.58. The van der Waals surface area contributed by atoms with Gasteiger partial charge in [0.1, 0.15) is 0 Å². The molecule has 1 aromatic rings. The van der Waals surface area contributed by atoms with Gasteiger partial charge in [0, 0.05) is 18.6 Å². The van der Waals surface area contributed by atoms with Crippen LogP contribution in [0.2, 0.25) is 5.02 Å². The summed E-state index contributed by atoms with van der Waals surface area (Å²) in [7, 11) is 1.75. The van der Waals surface area contributed by atoms with E-state index >= 15 is 0 Å². The van der Waals surface area contributed by atoms with Crippen LogP contribution in [-0.2, 0) is 22.4 Å². The zero-order valence-electron chi connectivity index (χ0n) is 8.57. The first kappa shape index (κ1) is 12.0. The van der Waals surface area contributed by atoms with Gasteiger partial charge in [0.2, 0.25) is 6.41 Å². The highest BCUT2D eigenvalue weighted by molar-refractivity contribution is 6.31. The van der Waals surface area contributed by atoms with E-state index in [1.165, 1.54) is 11.1 Å². The monoisotopic (exact) mass is 227 g/mol. The molecule has 15 heavy (non-hydrogen) atoms. The molecule has 0 radical (unpaired) electrons. The standard InChI is InChI=1S/C10H11ClO.CH3NO/c1-12-8-5-7-3-2-4-10(11)9(7)6-8;2-1-3/h2-4,8H,5-6H2,1H3;1H,(H2,2,3)/t8-;/m0./s1. The summed E-state index contributed by atoms with van der Waals surface area (Å²) < 4.78 is 5.29. The molecular formula is C11H14ClNO2. The average molecular weight is 228 g/mol. The number of ether oxygens (including phenoxy) is 1. The molecule has 0 heterocycles. The molecule has 0 bridgehead atoms. The highest BCUT2D eigenvalue weighted by atomic mass is 35.5. The first-order valence-electron chi connectivity index (χ1n) is 4.67. The van der Waals surface area contributed by atoms with E-state index in [0.29, 0.717) is 6.10 Å². The lowest BCUT2D eigenvalue weighted by Gasteiger charge is -2.03. The number of carbonyl (C=O) groups excluding carboxylic acids is 1. The summed E-state index contributed by atoms with van der Waals surface area (Å²) in [5.41, 5.74) is 6.78. The van der Waals surface area contributed by atoms with Crippen LogP contribution in [0.4, 0.5) is 0 Å². The Hall–Kier alpha value is -1.06. The lowest BCUT2D eigenvalue weighted by Crippen LogP contribution is -2.08. The predicted molar refractivity (Wildman–Crippen MR) is 59.9 cm³/mol. The van der Waals surface area contributed by atoms with Crippen molar-refractivity contribution in [2.24, 2.45) is 5.73 Å². The molecule has 1 aliphatic carbocycles. The molecule has 2 rings (SSSR count). The van der Waals surface area contributed by atoms with Crippen LogP contribution in [0, 0.1) is 0 Å². The van der Waals surface area contributed by atoms with Crippen LogP contribution in [0.25, 0.3) is 0 Å². The van der Waals surface area contributed by atoms with Crippen molar-refractivity contribution in [1.82, 2.24) is 0 Å². The number of carbonyl (C=O) groups is 1. The van der Waals surface area contributed by atoms with Crippen molar-refractivity contribution >= 4 is 18.0 Å². The van der Waals surface area contributed by atoms with E-state index in [4.69, 9.17) is 21.1 Å². The van der Waals surface area contributed by atoms with Crippen molar-refractivity contribution < 1.29 is 9.53 Å². The fraction of sp³-hybridized carbons (Fsp3) is 0.364. The second-order valence-electron chi connectivity index (χ2n) is 3.28. The third kappa shape index (κ3) is 2.94. The summed E-state index contributed by atoms with van der Waals surface area (Å²) in [6.45, 7) is 0. The maximum atomic E-state index is 8.58. The van der Waals surface area contributed by atoms with Crippen LogP contribution in [0.1, 0.15) is 11.1 Å². The minimum atomic E-state index is 0.250. The van der Waals surface area contributed by atoms with Crippen molar-refractivity contribution in [3.63, 3.8) is 0 Å². The summed E-state index contributed by atoms with van der Waals surface area (Å²) in [6, 6.07) is 6.07. The molecule has 1 aliphatic rings. The number of fused-ring (bicyclic) bond motifs is 1. The first-order chi connectivity index (χ1) is 7.22. The fourth-order valence-electron chi connectivity index (χ4n) is 1.73. The van der Waals surface area contributed by atoms with Crippen molar-refractivity contribution in [2.45, 2.75) is 18.9 Å². The Morgan fingerprint density at radius 1 is 1.53 bits per heavy atom. The number of benzene rings is 1. The molecule has 0 unspecified atom stereocenters. The second kappa shape index (κ2) is 5.73. The van der Waals surface area contributed by atoms with Crippen molar-refractivity contribution in [3.05, 3.63) is 34.3 Å². The Morgan fingerprint density at radius 2 is 2.20 bits per heavy atom. The lowest BCUT2D eigenvalue weighted by atomic mass is 10.1. The van der Waals surface area contributed by atoms with Gasteiger partial charge in [0.15, 0.2) is 0 Å². The maximum Gasteiger partial charge on any atom is 0.204 e. The van der Waals surface area contributed by atoms with Crippen LogP contribution in [0.15, 0.2) is 18.2 Å². The summed E-state index contributed by atoms with van der Waals surface area (Å²) in [5.74, 6) is 0. The molecule has 1 amide bonds. The molecule has 82 valence electrons. The van der Waals surface area contributed by atoms with Crippen molar-refractivity contribution in [2.75, 3.05) is 7.11 Å². The molecule has 1 aromatic carbocycles. The highest BCUT2D eigenvalue weighted by Gasteiger charge is 2.22. The first-order valence-corrected chi connectivity index (χ1v) is 5.05. The Bertz CT molecular complexity index is 341. The molecule has 0 aliphatic heterocycles. The number of methoxy groups -OCH3 is 1. The Labute approximate surface area is 94.2 Å². The Morgan fingerprint density at radius 3 is 2.73 bits per heavy atom. The average Bonchev–Trinajstić information content (AvgIpc) is 2.63. The van der Waals surface area contributed by atoms with E-state index in [9.17, 15) is 0 Å². The van der Waals surface area contributed by atoms with Crippen LogP contribution < -0.4 is 5.73 Å². The molecule has 4 heteroatoms. The summed E-state index contributed by atoms with van der Waals surface area (Å²) in [5, 5.41) is 0.882. The Balaban J connectivity index is 0.000000337. The number of halogens is 1. The molecule has 3 nitrogen and oxygen atoms in total. The third-order valence-electron chi connectivity index (χ3n) is 2.43. The van der Waals surface area contributed by atoms with E-state index in [1.54, 1.807) is 7.11 Å². The molecule has 0 spiro atoms. The minimum Gasteiger partial charge on any atom is -0.381 e. The SMILES string of the molecule is CO[C@H]1Cc2cccc(Cl)c2C1.NC=O. The van der Waals surface area contributed by atoms with Crippen LogP contribution >= 0.6 is 11.6 Å². The number of nitrogens with two attached hydrogens (primary N) is 1. The van der Waals surface area contributed by atoms with Gasteiger partial charge >= 0.3 is 0 Å². The van der Waals surface area contributed by atoms with E-state index in [2.05, 4.69) is 11.8 Å². The van der Waals surface area contributed by atoms with Gasteiger partial charge in [-0.2, -0.15) is 0 Å². The molecule has 2 N–H and O–H groups in total. The molecule has 0 saturated heterocycles. The molecular weight excluding hydrogens is 214 g/mol. The van der Waals surface area contributed by atoms with Gasteiger partial charge in [-0.15, -0.1) is 0 Å². The van der Waals surface area contributed by atoms with Gasteiger partial charge in [-0.1, -0.05) is 23.7 Å². The highest BCUT2D eigenvalue weighted by Crippen LogP contribution is 2.29. The van der Waals surface area contributed by atoms with Gasteiger partial charge in [-0.25, -0.2) is 0 Å². The van der Waals surface area contributed by atoms with Crippen LogP contribution in [0.5, 0.6) is 0 Å². The van der Waals surface area contributed by atoms with Crippen molar-refractivity contribution in [1.29, 1.82) is 0 Å². The predicted octanol–water partition coefficient (Wildman–Crippen LogP) is 1.56. The minimum absolute atomic E-state index is 0.250. The quantitative estimate of drug-likeness (QED) is 0.741. The number of hydrogen-bond acceptors (Lipinski definition) is 2. The molecule has 1 atom stereocenters. The second-order valence-corrected chi connectivity index (χ2v) is 3.69. The van der Waals surface area contributed by atoms with E-state index in [1.807, 2.05) is 12.1 Å². The zero-order chi connectivity index (χ0) is 11.3. The number of rotatable bonds is 1. The van der Waals surface area contributed by atoms with Gasteiger partial charge in [0.25, 0.3) is 0 Å². The normalized spacial score (nSPS) is 17.6. The van der Waals surface area contributed by atoms with Gasteiger partial charge in [-0.05, 0) is 23.6 Å². The van der Waals surface area contributed by atoms with Gasteiger partial charge < -0.3 is 10.5 Å². The van der Waals surface area contributed by atoms with Crippen molar-refractivity contribution in [3.8, 4) is 0 Å². The molecule has 0 aromatic heterocycles. The Kier molecular flexibility index (Phi) is 4.59. The number of primary amides is 1. The molecule has 0 saturated carbocycles. The summed E-state index contributed by atoms with van der Waals surface area (Å²) in [4.78, 5) is 8.58. The summed E-state index contributed by atoms with van der Waals surface area (Å²) in [6.07, 6.45) is 2.55. The van der Waals surface area contributed by atoms with Gasteiger partial charge in [-0.3, -0.25) is 4.79 Å². The lowest BCUT2D eigenvalue weighted by molar-refractivity contribution is -0.106. The summed E-state index contributed by atoms with van der Waals surface area (Å²) >= 11 is 6.04. The van der Waals surface area contributed by atoms with Crippen LogP contribution in [0.3, 0.4) is 0 Å². The van der Waals surface area contributed by atoms with Crippen LogP contribution in [-0.4, -0.2) is 19.6 Å². The smallest absolute Gasteiger partial charge is 0.204 e. The van der Waals surface area contributed by atoms with E-state index in [-0.39, 0.29) is 6.41 Å². The number of amides is 1. The zero-order valence-corrected chi connectivity index (χ0v) is 9.33. The van der Waals surface area contributed by atoms with Gasteiger partial charge in [0.05, 0.1) is 6.10 Å². The third-order valence-corrected chi connectivity index (χ3v) is 2.78. The molecule has 0 fully saturated rings. The largest absolute Gasteiger partial charge is 0.381 e. The van der Waals surface area contributed by atoms with E-state index in [0.717, 1.165) is 17.9 Å². The fourth-order valence-corrected chi connectivity index (χ4v) is 2.01.